The van der Waals surface area contributed by atoms with E-state index in [1.165, 1.54) is 27.5 Å². The van der Waals surface area contributed by atoms with E-state index in [-0.39, 0.29) is 6.71 Å². The van der Waals surface area contributed by atoms with E-state index in [9.17, 15) is 0 Å². The summed E-state index contributed by atoms with van der Waals surface area (Å²) in [6, 6.07) is 23.0. The highest BCUT2D eigenvalue weighted by Crippen LogP contribution is 2.27. The molecule has 0 aliphatic carbocycles. The second-order valence-corrected chi connectivity index (χ2v) is 7.46. The molecule has 0 N–H and O–H groups in total. The fourth-order valence-corrected chi connectivity index (χ4v) is 4.07. The van der Waals surface area contributed by atoms with E-state index in [4.69, 9.17) is 5.26 Å². The molecule has 1 heterocycles. The van der Waals surface area contributed by atoms with Crippen LogP contribution in [0.15, 0.2) is 69.6 Å². The van der Waals surface area contributed by atoms with E-state index >= 15 is 0 Å². The molecule has 0 aromatic heterocycles. The van der Waals surface area contributed by atoms with Gasteiger partial charge in [-0.2, -0.15) is 5.26 Å². The van der Waals surface area contributed by atoms with Gasteiger partial charge >= 0.3 is 0 Å². The van der Waals surface area contributed by atoms with Crippen LogP contribution in [0.3, 0.4) is 0 Å². The predicted octanol–water partition coefficient (Wildman–Crippen LogP) is 3.58. The van der Waals surface area contributed by atoms with Crippen LogP contribution in [0.2, 0.25) is 0 Å². The van der Waals surface area contributed by atoms with Crippen LogP contribution in [0.1, 0.15) is 5.56 Å². The Hall–Kier alpha value is -1.83. The van der Waals surface area contributed by atoms with Gasteiger partial charge < -0.3 is 0 Å². The second kappa shape index (κ2) is 5.67. The van der Waals surface area contributed by atoms with E-state index in [1.54, 1.807) is 0 Å². The third kappa shape index (κ3) is 2.45. The van der Waals surface area contributed by atoms with Crippen LogP contribution < -0.4 is 16.4 Å². The first-order valence-electron chi connectivity index (χ1n) is 7.27. The maximum Gasteiger partial charge on any atom is 0.242 e. The Bertz CT molecular complexity index is 907. The molecule has 4 rings (SSSR count). The number of hydrogen-bond acceptors (Lipinski definition) is 1. The summed E-state index contributed by atoms with van der Waals surface area (Å²) in [6.07, 6.45) is 0. The molecule has 0 unspecified atom stereocenters. The third-order valence-corrected chi connectivity index (χ3v) is 5.30. The Morgan fingerprint density at radius 1 is 0.739 bits per heavy atom. The summed E-state index contributed by atoms with van der Waals surface area (Å²) in [4.78, 5) is 0. The van der Waals surface area contributed by atoms with Crippen molar-refractivity contribution in [2.24, 2.45) is 0 Å². The Morgan fingerprint density at radius 2 is 1.26 bits per heavy atom. The van der Waals surface area contributed by atoms with Crippen LogP contribution >= 0.6 is 31.9 Å². The molecule has 0 bridgehead atoms. The zero-order chi connectivity index (χ0) is 16.0. The van der Waals surface area contributed by atoms with E-state index in [0.29, 0.717) is 5.56 Å². The SMILES string of the molecule is N#Cc1ccc(B2c3cc(Br)ccc3-c3ccc(Br)cc32)cc1. The van der Waals surface area contributed by atoms with Crippen LogP contribution in [0.4, 0.5) is 0 Å². The molecule has 0 saturated carbocycles. The summed E-state index contributed by atoms with van der Waals surface area (Å²) in [7, 11) is 0. The zero-order valence-electron chi connectivity index (χ0n) is 12.1. The smallest absolute Gasteiger partial charge is 0.192 e. The van der Waals surface area contributed by atoms with E-state index in [1.807, 2.05) is 12.1 Å². The third-order valence-electron chi connectivity index (χ3n) is 4.31. The molecule has 3 aromatic rings. The van der Waals surface area contributed by atoms with E-state index in [2.05, 4.69) is 86.5 Å². The van der Waals surface area contributed by atoms with Crippen molar-refractivity contribution in [3.05, 3.63) is 75.2 Å². The Balaban J connectivity index is 1.96. The average molecular weight is 423 g/mol. The van der Waals surface area contributed by atoms with Gasteiger partial charge in [0.1, 0.15) is 0 Å². The van der Waals surface area contributed by atoms with Gasteiger partial charge in [-0.25, -0.2) is 0 Å². The van der Waals surface area contributed by atoms with Gasteiger partial charge in [-0.3, -0.25) is 0 Å². The fourth-order valence-electron chi connectivity index (χ4n) is 3.31. The number of nitrogens with zero attached hydrogens (tertiary/aromatic N) is 1. The number of halogens is 2. The molecule has 1 nitrogen and oxygen atoms in total. The Labute approximate surface area is 152 Å². The van der Waals surface area contributed by atoms with Crippen LogP contribution in [0.5, 0.6) is 0 Å². The molecule has 3 aromatic carbocycles. The van der Waals surface area contributed by atoms with Crippen LogP contribution in [0.25, 0.3) is 11.1 Å². The largest absolute Gasteiger partial charge is 0.242 e. The Kier molecular flexibility index (Phi) is 3.63. The number of nitriles is 1. The summed E-state index contributed by atoms with van der Waals surface area (Å²) >= 11 is 7.19. The van der Waals surface area contributed by atoms with Crippen molar-refractivity contribution in [3.63, 3.8) is 0 Å². The highest BCUT2D eigenvalue weighted by atomic mass is 79.9. The molecule has 4 heteroatoms. The monoisotopic (exact) mass is 421 g/mol. The summed E-state index contributed by atoms with van der Waals surface area (Å²) < 4.78 is 2.17. The average Bonchev–Trinajstić information content (AvgIpc) is 2.87. The maximum atomic E-state index is 9.02. The Morgan fingerprint density at radius 3 is 1.74 bits per heavy atom. The van der Waals surface area contributed by atoms with Crippen molar-refractivity contribution >= 4 is 55.0 Å². The van der Waals surface area contributed by atoms with Gasteiger partial charge in [0.15, 0.2) is 0 Å². The molecule has 0 amide bonds. The number of rotatable bonds is 1. The van der Waals surface area contributed by atoms with Crippen molar-refractivity contribution in [1.82, 2.24) is 0 Å². The van der Waals surface area contributed by atoms with Crippen LogP contribution in [0, 0.1) is 11.3 Å². The van der Waals surface area contributed by atoms with Crippen molar-refractivity contribution in [3.8, 4) is 17.2 Å². The van der Waals surface area contributed by atoms with Gasteiger partial charge in [0.2, 0.25) is 6.71 Å². The highest BCUT2D eigenvalue weighted by Gasteiger charge is 2.33. The minimum absolute atomic E-state index is 0.197. The molecule has 0 saturated heterocycles. The van der Waals surface area contributed by atoms with Gasteiger partial charge in [-0.05, 0) is 35.4 Å². The van der Waals surface area contributed by atoms with Crippen molar-refractivity contribution in [2.45, 2.75) is 0 Å². The van der Waals surface area contributed by atoms with E-state index in [0.717, 1.165) is 8.95 Å². The number of fused-ring (bicyclic) bond motifs is 3. The van der Waals surface area contributed by atoms with Gasteiger partial charge in [0, 0.05) is 8.95 Å². The normalized spacial score (nSPS) is 11.8. The quantitative estimate of drug-likeness (QED) is 0.430. The molecule has 23 heavy (non-hydrogen) atoms. The molecule has 1 aliphatic rings. The minimum atomic E-state index is 0.197. The predicted molar refractivity (Wildman–Crippen MR) is 103 cm³/mol. The lowest BCUT2D eigenvalue weighted by Gasteiger charge is -2.11. The number of benzene rings is 3. The second-order valence-electron chi connectivity index (χ2n) is 5.63. The molecule has 0 spiro atoms. The van der Waals surface area contributed by atoms with Gasteiger partial charge in [0.05, 0.1) is 11.6 Å². The summed E-state index contributed by atoms with van der Waals surface area (Å²) in [6.45, 7) is 0.197. The first-order valence-corrected chi connectivity index (χ1v) is 8.85. The van der Waals surface area contributed by atoms with Gasteiger partial charge in [-0.15, -0.1) is 0 Å². The maximum absolute atomic E-state index is 9.02. The molecular weight excluding hydrogens is 413 g/mol. The van der Waals surface area contributed by atoms with Crippen molar-refractivity contribution < 1.29 is 0 Å². The zero-order valence-corrected chi connectivity index (χ0v) is 15.2. The van der Waals surface area contributed by atoms with Crippen LogP contribution in [-0.4, -0.2) is 6.71 Å². The molecule has 108 valence electrons. The van der Waals surface area contributed by atoms with Gasteiger partial charge in [-0.1, -0.05) is 84.6 Å². The van der Waals surface area contributed by atoms with Crippen molar-refractivity contribution in [2.75, 3.05) is 0 Å². The lowest BCUT2D eigenvalue weighted by Crippen LogP contribution is -2.48. The summed E-state index contributed by atoms with van der Waals surface area (Å²) in [5, 5.41) is 9.02. The molecule has 0 fully saturated rings. The lowest BCUT2D eigenvalue weighted by molar-refractivity contribution is 1.49. The van der Waals surface area contributed by atoms with Crippen molar-refractivity contribution in [1.29, 1.82) is 5.26 Å². The first-order chi connectivity index (χ1) is 11.2. The fraction of sp³-hybridized carbons (Fsp3) is 0. The summed E-state index contributed by atoms with van der Waals surface area (Å²) in [5.41, 5.74) is 7.07. The highest BCUT2D eigenvalue weighted by molar-refractivity contribution is 9.10. The van der Waals surface area contributed by atoms with E-state index < -0.39 is 0 Å². The van der Waals surface area contributed by atoms with Crippen LogP contribution in [-0.2, 0) is 0 Å². The molecule has 0 radical (unpaired) electrons. The standard InChI is InChI=1S/C19H10BBr2N/c21-14-5-7-16-17-8-6-15(22)10-19(17)20(18(16)9-14)13-3-1-12(11-23)2-4-13/h1-10H. The minimum Gasteiger partial charge on any atom is -0.192 e. The topological polar surface area (TPSA) is 23.8 Å². The molecular formula is C19H10BBr2N. The lowest BCUT2D eigenvalue weighted by atomic mass is 9.39. The van der Waals surface area contributed by atoms with Gasteiger partial charge in [0.25, 0.3) is 0 Å². The molecule has 0 atom stereocenters. The summed E-state index contributed by atoms with van der Waals surface area (Å²) in [5.74, 6) is 0. The first kappa shape index (κ1) is 14.7. The number of hydrogen-bond donors (Lipinski definition) is 0. The molecule has 1 aliphatic heterocycles.